The number of hydrogen-bond acceptors (Lipinski definition) is 4. The number of halogens is 1. The van der Waals surface area contributed by atoms with Gasteiger partial charge in [0.2, 0.25) is 12.1 Å². The Kier molecular flexibility index (Phi) is 4.32. The molecule has 1 heterocycles. The van der Waals surface area contributed by atoms with Crippen LogP contribution in [-0.2, 0) is 9.53 Å². The molecule has 5 nitrogen and oxygen atoms in total. The molecule has 0 radical (unpaired) electrons. The maximum absolute atomic E-state index is 13.1. The van der Waals surface area contributed by atoms with Gasteiger partial charge in [0.05, 0.1) is 5.56 Å². The molecule has 1 atom stereocenters. The van der Waals surface area contributed by atoms with E-state index in [-0.39, 0.29) is 17.5 Å². The highest BCUT2D eigenvalue weighted by molar-refractivity contribution is 5.92. The molecule has 0 aliphatic heterocycles. The van der Waals surface area contributed by atoms with Gasteiger partial charge in [-0.1, -0.05) is 30.3 Å². The maximum Gasteiger partial charge on any atom is 0.339 e. The van der Waals surface area contributed by atoms with Gasteiger partial charge in [-0.2, -0.15) is 4.39 Å². The van der Waals surface area contributed by atoms with E-state index in [0.717, 1.165) is 18.9 Å². The van der Waals surface area contributed by atoms with Crippen LogP contribution < -0.4 is 5.32 Å². The lowest BCUT2D eigenvalue weighted by Crippen LogP contribution is -2.33. The van der Waals surface area contributed by atoms with E-state index in [0.29, 0.717) is 5.56 Å². The summed E-state index contributed by atoms with van der Waals surface area (Å²) in [6.45, 7) is 0. The molecular formula is C17H15FN2O3. The number of rotatable bonds is 5. The first-order valence-corrected chi connectivity index (χ1v) is 7.31. The van der Waals surface area contributed by atoms with Gasteiger partial charge in [0.25, 0.3) is 5.91 Å². The van der Waals surface area contributed by atoms with E-state index in [4.69, 9.17) is 4.74 Å². The molecule has 6 heteroatoms. The van der Waals surface area contributed by atoms with Crippen molar-refractivity contribution < 1.29 is 18.7 Å². The van der Waals surface area contributed by atoms with Crippen LogP contribution in [0, 0.1) is 5.95 Å². The van der Waals surface area contributed by atoms with E-state index in [1.807, 2.05) is 0 Å². The van der Waals surface area contributed by atoms with Crippen molar-refractivity contribution in [1.29, 1.82) is 0 Å². The van der Waals surface area contributed by atoms with E-state index < -0.39 is 18.0 Å². The van der Waals surface area contributed by atoms with Gasteiger partial charge >= 0.3 is 5.97 Å². The Morgan fingerprint density at radius 1 is 1.22 bits per heavy atom. The van der Waals surface area contributed by atoms with Gasteiger partial charge in [-0.05, 0) is 18.9 Å². The summed E-state index contributed by atoms with van der Waals surface area (Å²) in [6.07, 6.45) is 1.96. The number of hydrogen-bond donors (Lipinski definition) is 1. The maximum atomic E-state index is 13.1. The Morgan fingerprint density at radius 2 is 1.96 bits per heavy atom. The summed E-state index contributed by atoms with van der Waals surface area (Å²) >= 11 is 0. The summed E-state index contributed by atoms with van der Waals surface area (Å²) in [5.41, 5.74) is 0.575. The number of aromatic nitrogens is 1. The Labute approximate surface area is 132 Å². The molecule has 23 heavy (non-hydrogen) atoms. The number of carbonyl (C=O) groups is 2. The van der Waals surface area contributed by atoms with Crippen LogP contribution in [0.1, 0.15) is 34.9 Å². The molecule has 0 saturated heterocycles. The highest BCUT2D eigenvalue weighted by Gasteiger charge is 2.31. The van der Waals surface area contributed by atoms with Crippen molar-refractivity contribution in [3.05, 3.63) is 65.7 Å². The molecule has 2 aromatic rings. The standard InChI is InChI=1S/C17H15FN2O3/c18-14-10-12(8-9-19-14)17(22)23-15(11-4-2-1-3-5-11)16(21)20-13-6-7-13/h1-5,8-10,13,15H,6-7H2,(H,20,21). The quantitative estimate of drug-likeness (QED) is 0.680. The lowest BCUT2D eigenvalue weighted by atomic mass is 10.1. The Bertz CT molecular complexity index is 717. The molecule has 1 fully saturated rings. The molecule has 0 spiro atoms. The number of benzene rings is 1. The van der Waals surface area contributed by atoms with Crippen LogP contribution in [0.15, 0.2) is 48.7 Å². The van der Waals surface area contributed by atoms with Gasteiger partial charge < -0.3 is 10.1 Å². The number of amides is 1. The van der Waals surface area contributed by atoms with Crippen molar-refractivity contribution in [2.24, 2.45) is 0 Å². The molecule has 1 amide bonds. The largest absolute Gasteiger partial charge is 0.444 e. The minimum absolute atomic E-state index is 0.0117. The molecular weight excluding hydrogens is 299 g/mol. The fourth-order valence-corrected chi connectivity index (χ4v) is 2.11. The summed E-state index contributed by atoms with van der Waals surface area (Å²) in [6, 6.07) is 11.2. The Balaban J connectivity index is 1.80. The van der Waals surface area contributed by atoms with Gasteiger partial charge in [-0.25, -0.2) is 9.78 Å². The Morgan fingerprint density at radius 3 is 2.61 bits per heavy atom. The van der Waals surface area contributed by atoms with Crippen LogP contribution in [0.3, 0.4) is 0 Å². The highest BCUT2D eigenvalue weighted by Crippen LogP contribution is 2.24. The van der Waals surface area contributed by atoms with Crippen LogP contribution in [0.5, 0.6) is 0 Å². The predicted molar refractivity (Wildman–Crippen MR) is 80.0 cm³/mol. The minimum Gasteiger partial charge on any atom is -0.444 e. The molecule has 1 aromatic heterocycles. The normalized spacial score (nSPS) is 14.8. The fraction of sp³-hybridized carbons (Fsp3) is 0.235. The van der Waals surface area contributed by atoms with Crippen molar-refractivity contribution in [1.82, 2.24) is 10.3 Å². The van der Waals surface area contributed by atoms with Crippen LogP contribution in [0.4, 0.5) is 4.39 Å². The molecule has 0 bridgehead atoms. The summed E-state index contributed by atoms with van der Waals surface area (Å²) in [7, 11) is 0. The number of nitrogens with one attached hydrogen (secondary N) is 1. The second kappa shape index (κ2) is 6.56. The van der Waals surface area contributed by atoms with Gasteiger partial charge in [-0.3, -0.25) is 4.79 Å². The second-order valence-electron chi connectivity index (χ2n) is 5.35. The number of esters is 1. The van der Waals surface area contributed by atoms with Gasteiger partial charge in [0.1, 0.15) is 0 Å². The summed E-state index contributed by atoms with van der Waals surface area (Å²) in [4.78, 5) is 27.9. The second-order valence-corrected chi connectivity index (χ2v) is 5.35. The lowest BCUT2D eigenvalue weighted by molar-refractivity contribution is -0.130. The third kappa shape index (κ3) is 3.91. The first-order chi connectivity index (χ1) is 11.1. The van der Waals surface area contributed by atoms with E-state index in [2.05, 4.69) is 10.3 Å². The van der Waals surface area contributed by atoms with Crippen molar-refractivity contribution in [3.63, 3.8) is 0 Å². The van der Waals surface area contributed by atoms with Gasteiger partial charge in [0, 0.05) is 23.9 Å². The van der Waals surface area contributed by atoms with Crippen molar-refractivity contribution >= 4 is 11.9 Å². The van der Waals surface area contributed by atoms with Crippen LogP contribution in [0.2, 0.25) is 0 Å². The monoisotopic (exact) mass is 314 g/mol. The first kappa shape index (κ1) is 15.1. The summed E-state index contributed by atoms with van der Waals surface area (Å²) < 4.78 is 18.5. The number of carbonyl (C=O) groups excluding carboxylic acids is 2. The highest BCUT2D eigenvalue weighted by atomic mass is 19.1. The smallest absolute Gasteiger partial charge is 0.339 e. The number of pyridine rings is 1. The summed E-state index contributed by atoms with van der Waals surface area (Å²) in [5.74, 6) is -1.93. The zero-order chi connectivity index (χ0) is 16.2. The first-order valence-electron chi connectivity index (χ1n) is 7.31. The number of nitrogens with zero attached hydrogens (tertiary/aromatic N) is 1. The molecule has 3 rings (SSSR count). The van der Waals surface area contributed by atoms with E-state index in [1.165, 1.54) is 12.3 Å². The van der Waals surface area contributed by atoms with E-state index >= 15 is 0 Å². The third-order valence-electron chi connectivity index (χ3n) is 3.45. The zero-order valence-electron chi connectivity index (χ0n) is 12.2. The van der Waals surface area contributed by atoms with Crippen molar-refractivity contribution in [3.8, 4) is 0 Å². The summed E-state index contributed by atoms with van der Waals surface area (Å²) in [5, 5.41) is 2.82. The van der Waals surface area contributed by atoms with Crippen molar-refractivity contribution in [2.45, 2.75) is 25.0 Å². The topological polar surface area (TPSA) is 68.3 Å². The van der Waals surface area contributed by atoms with E-state index in [1.54, 1.807) is 30.3 Å². The zero-order valence-corrected chi connectivity index (χ0v) is 12.2. The van der Waals surface area contributed by atoms with Crippen LogP contribution in [-0.4, -0.2) is 22.9 Å². The molecule has 118 valence electrons. The van der Waals surface area contributed by atoms with Gasteiger partial charge in [-0.15, -0.1) is 0 Å². The molecule has 1 aliphatic carbocycles. The van der Waals surface area contributed by atoms with Crippen molar-refractivity contribution in [2.75, 3.05) is 0 Å². The molecule has 1 aromatic carbocycles. The predicted octanol–water partition coefficient (Wildman–Crippen LogP) is 2.40. The average molecular weight is 314 g/mol. The molecule has 1 saturated carbocycles. The van der Waals surface area contributed by atoms with Crippen LogP contribution in [0.25, 0.3) is 0 Å². The Hall–Kier alpha value is -2.76. The fourth-order valence-electron chi connectivity index (χ4n) is 2.11. The minimum atomic E-state index is -1.07. The molecule has 1 unspecified atom stereocenters. The SMILES string of the molecule is O=C(OC(C(=O)NC1CC1)c1ccccc1)c1ccnc(F)c1. The molecule has 1 aliphatic rings. The average Bonchev–Trinajstić information content (AvgIpc) is 3.37. The van der Waals surface area contributed by atoms with E-state index in [9.17, 15) is 14.0 Å². The van der Waals surface area contributed by atoms with Gasteiger partial charge in [0.15, 0.2) is 0 Å². The van der Waals surface area contributed by atoms with Crippen LogP contribution >= 0.6 is 0 Å². The lowest BCUT2D eigenvalue weighted by Gasteiger charge is -2.18. The number of ether oxygens (including phenoxy) is 1. The third-order valence-corrected chi connectivity index (χ3v) is 3.45. The molecule has 1 N–H and O–H groups in total.